The van der Waals surface area contributed by atoms with Crippen LogP contribution in [0.5, 0.6) is 5.75 Å². The van der Waals surface area contributed by atoms with Gasteiger partial charge >= 0.3 is 5.69 Å². The Kier molecular flexibility index (Phi) is 6.98. The first-order valence-electron chi connectivity index (χ1n) is 9.34. The highest BCUT2D eigenvalue weighted by Gasteiger charge is 2.21. The molecule has 1 atom stereocenters. The average Bonchev–Trinajstić information content (AvgIpc) is 2.78. The van der Waals surface area contributed by atoms with E-state index in [1.165, 1.54) is 19.2 Å². The molecule has 162 valence electrons. The van der Waals surface area contributed by atoms with Crippen molar-refractivity contribution in [2.24, 2.45) is 0 Å². The minimum Gasteiger partial charge on any atom is -0.490 e. The molecule has 0 saturated heterocycles. The minimum atomic E-state index is -0.620. The molecule has 9 heteroatoms. The molecule has 0 saturated carbocycles. The van der Waals surface area contributed by atoms with E-state index in [-0.39, 0.29) is 17.0 Å². The summed E-state index contributed by atoms with van der Waals surface area (Å²) < 4.78 is 4.96. The van der Waals surface area contributed by atoms with E-state index < -0.39 is 16.7 Å². The van der Waals surface area contributed by atoms with E-state index in [4.69, 9.17) is 27.9 Å². The zero-order valence-electron chi connectivity index (χ0n) is 17.1. The van der Waals surface area contributed by atoms with E-state index in [0.29, 0.717) is 26.9 Å². The molecule has 3 aromatic rings. The highest BCUT2D eigenvalue weighted by molar-refractivity contribution is 6.32. The summed E-state index contributed by atoms with van der Waals surface area (Å²) >= 11 is 12.4. The van der Waals surface area contributed by atoms with Gasteiger partial charge < -0.3 is 10.1 Å². The summed E-state index contributed by atoms with van der Waals surface area (Å²) in [6.07, 6.45) is 0. The van der Waals surface area contributed by atoms with Crippen LogP contribution in [0.2, 0.25) is 10.0 Å². The lowest BCUT2D eigenvalue weighted by Gasteiger charge is -2.16. The third-order valence-corrected chi connectivity index (χ3v) is 5.45. The number of nitrogens with one attached hydrogen (secondary N) is 1. The number of carbonyl (C=O) groups is 1. The van der Waals surface area contributed by atoms with Crippen LogP contribution in [0.3, 0.4) is 0 Å². The first-order chi connectivity index (χ1) is 15.2. The number of nitriles is 1. The standard InChI is InChI=1S/C23H17Cl2N3O4/c1-13-9-17(18(12-26)14-3-6-16(24)7-4-14)19(25)11-20(13)27-23(29)15-5-8-22(32-2)21(10-15)28(30)31/h3-11,18H,1-2H3,(H,27,29). The molecule has 7 nitrogen and oxygen atoms in total. The number of hydrogen-bond donors (Lipinski definition) is 1. The van der Waals surface area contributed by atoms with Crippen molar-refractivity contribution in [2.75, 3.05) is 12.4 Å². The third-order valence-electron chi connectivity index (χ3n) is 4.87. The van der Waals surface area contributed by atoms with Gasteiger partial charge in [0.05, 0.1) is 24.0 Å². The Morgan fingerprint density at radius 1 is 1.16 bits per heavy atom. The van der Waals surface area contributed by atoms with Gasteiger partial charge in [-0.3, -0.25) is 14.9 Å². The van der Waals surface area contributed by atoms with Crippen LogP contribution in [-0.2, 0) is 0 Å². The highest BCUT2D eigenvalue weighted by Crippen LogP contribution is 2.35. The Morgan fingerprint density at radius 3 is 2.44 bits per heavy atom. The SMILES string of the molecule is COc1ccc(C(=O)Nc2cc(Cl)c(C(C#N)c3ccc(Cl)cc3)cc2C)cc1[N+](=O)[O-]. The van der Waals surface area contributed by atoms with Gasteiger partial charge in [0.2, 0.25) is 0 Å². The molecule has 0 aliphatic rings. The molecule has 3 rings (SSSR count). The Balaban J connectivity index is 1.91. The van der Waals surface area contributed by atoms with Crippen molar-refractivity contribution in [2.45, 2.75) is 12.8 Å². The lowest BCUT2D eigenvalue weighted by molar-refractivity contribution is -0.385. The summed E-state index contributed by atoms with van der Waals surface area (Å²) in [4.78, 5) is 23.3. The van der Waals surface area contributed by atoms with Gasteiger partial charge in [-0.1, -0.05) is 41.4 Å². The van der Waals surface area contributed by atoms with Gasteiger partial charge in [-0.05, 0) is 53.9 Å². The molecule has 0 aliphatic carbocycles. The van der Waals surface area contributed by atoms with Crippen molar-refractivity contribution < 1.29 is 14.5 Å². The zero-order valence-corrected chi connectivity index (χ0v) is 18.6. The van der Waals surface area contributed by atoms with Crippen LogP contribution in [0, 0.1) is 28.4 Å². The molecule has 1 N–H and O–H groups in total. The highest BCUT2D eigenvalue weighted by atomic mass is 35.5. The van der Waals surface area contributed by atoms with Crippen molar-refractivity contribution in [3.05, 3.63) is 97.0 Å². The van der Waals surface area contributed by atoms with Gasteiger partial charge in [0.1, 0.15) is 0 Å². The summed E-state index contributed by atoms with van der Waals surface area (Å²) in [5.41, 5.74) is 2.20. The maximum atomic E-state index is 12.7. The molecule has 0 aliphatic heterocycles. The normalized spacial score (nSPS) is 11.3. The number of nitrogens with zero attached hydrogens (tertiary/aromatic N) is 2. The molecule has 0 spiro atoms. The number of ether oxygens (including phenoxy) is 1. The number of methoxy groups -OCH3 is 1. The topological polar surface area (TPSA) is 105 Å². The monoisotopic (exact) mass is 469 g/mol. The number of amides is 1. The summed E-state index contributed by atoms with van der Waals surface area (Å²) in [7, 11) is 1.31. The number of halogens is 2. The molecule has 1 amide bonds. The molecular formula is C23H17Cl2N3O4. The second kappa shape index (κ2) is 9.69. The summed E-state index contributed by atoms with van der Waals surface area (Å²) in [6.45, 7) is 1.77. The van der Waals surface area contributed by atoms with Crippen LogP contribution >= 0.6 is 23.2 Å². The summed E-state index contributed by atoms with van der Waals surface area (Å²) in [5.74, 6) is -1.11. The largest absolute Gasteiger partial charge is 0.490 e. The van der Waals surface area contributed by atoms with Gasteiger partial charge in [0, 0.05) is 27.4 Å². The molecule has 0 aromatic heterocycles. The molecule has 0 radical (unpaired) electrons. The lowest BCUT2D eigenvalue weighted by Crippen LogP contribution is -2.14. The fourth-order valence-corrected chi connectivity index (χ4v) is 3.61. The van der Waals surface area contributed by atoms with Crippen LogP contribution in [-0.4, -0.2) is 17.9 Å². The van der Waals surface area contributed by atoms with Crippen molar-refractivity contribution in [1.29, 1.82) is 5.26 Å². The Hall–Kier alpha value is -3.60. The Bertz CT molecular complexity index is 1240. The van der Waals surface area contributed by atoms with Gasteiger partial charge in [0.15, 0.2) is 5.75 Å². The first kappa shape index (κ1) is 23.1. The minimum absolute atomic E-state index is 0.0554. The van der Waals surface area contributed by atoms with Crippen LogP contribution in [0.25, 0.3) is 0 Å². The van der Waals surface area contributed by atoms with Crippen molar-refractivity contribution >= 4 is 40.5 Å². The fraction of sp³-hybridized carbons (Fsp3) is 0.130. The maximum absolute atomic E-state index is 12.7. The summed E-state index contributed by atoms with van der Waals surface area (Å²) in [6, 6.07) is 16.4. The number of anilines is 1. The number of rotatable bonds is 6. The van der Waals surface area contributed by atoms with Crippen LogP contribution < -0.4 is 10.1 Å². The van der Waals surface area contributed by atoms with Crippen LogP contribution in [0.15, 0.2) is 54.6 Å². The number of nitro benzene ring substituents is 1. The number of aryl methyl sites for hydroxylation is 1. The Labute approximate surface area is 194 Å². The van der Waals surface area contributed by atoms with Gasteiger partial charge in [0.25, 0.3) is 5.91 Å². The predicted molar refractivity (Wildman–Crippen MR) is 123 cm³/mol. The van der Waals surface area contributed by atoms with Crippen LogP contribution in [0.1, 0.15) is 33.0 Å². The molecule has 3 aromatic carbocycles. The van der Waals surface area contributed by atoms with Gasteiger partial charge in [-0.25, -0.2) is 0 Å². The van der Waals surface area contributed by atoms with Crippen molar-refractivity contribution in [3.8, 4) is 11.8 Å². The number of carbonyl (C=O) groups excluding carboxylic acids is 1. The molecule has 0 bridgehead atoms. The molecular weight excluding hydrogens is 453 g/mol. The van der Waals surface area contributed by atoms with Crippen molar-refractivity contribution in [1.82, 2.24) is 0 Å². The van der Waals surface area contributed by atoms with Crippen molar-refractivity contribution in [3.63, 3.8) is 0 Å². The molecule has 1 unspecified atom stereocenters. The number of nitro groups is 1. The molecule has 0 fully saturated rings. The fourth-order valence-electron chi connectivity index (χ4n) is 3.21. The van der Waals surface area contributed by atoms with Gasteiger partial charge in [-0.2, -0.15) is 5.26 Å². The lowest BCUT2D eigenvalue weighted by atomic mass is 9.91. The predicted octanol–water partition coefficient (Wildman–Crippen LogP) is 6.13. The summed E-state index contributed by atoms with van der Waals surface area (Å²) in [5, 5.41) is 24.5. The number of hydrogen-bond acceptors (Lipinski definition) is 5. The third kappa shape index (κ3) is 4.83. The van der Waals surface area contributed by atoms with E-state index in [1.54, 1.807) is 43.3 Å². The van der Waals surface area contributed by atoms with Crippen LogP contribution in [0.4, 0.5) is 11.4 Å². The number of benzene rings is 3. The maximum Gasteiger partial charge on any atom is 0.311 e. The first-order valence-corrected chi connectivity index (χ1v) is 10.1. The quantitative estimate of drug-likeness (QED) is 0.345. The molecule has 0 heterocycles. The zero-order chi connectivity index (χ0) is 23.4. The molecule has 32 heavy (non-hydrogen) atoms. The smallest absolute Gasteiger partial charge is 0.311 e. The Morgan fingerprint density at radius 2 is 1.84 bits per heavy atom. The van der Waals surface area contributed by atoms with E-state index in [1.807, 2.05) is 0 Å². The second-order valence-corrected chi connectivity index (χ2v) is 7.74. The van der Waals surface area contributed by atoms with E-state index in [0.717, 1.165) is 11.6 Å². The van der Waals surface area contributed by atoms with E-state index in [2.05, 4.69) is 11.4 Å². The van der Waals surface area contributed by atoms with Gasteiger partial charge in [-0.15, -0.1) is 0 Å². The van der Waals surface area contributed by atoms with E-state index in [9.17, 15) is 20.2 Å². The second-order valence-electron chi connectivity index (χ2n) is 6.90. The van der Waals surface area contributed by atoms with E-state index >= 15 is 0 Å². The average molecular weight is 470 g/mol.